The van der Waals surface area contributed by atoms with Crippen molar-refractivity contribution in [2.75, 3.05) is 37.7 Å². The summed E-state index contributed by atoms with van der Waals surface area (Å²) >= 11 is 1.65. The fraction of sp³-hybridized carbons (Fsp3) is 0.467. The molecule has 6 nitrogen and oxygen atoms in total. The lowest BCUT2D eigenvalue weighted by Gasteiger charge is -2.22. The molecule has 1 fully saturated rings. The van der Waals surface area contributed by atoms with Gasteiger partial charge in [0, 0.05) is 13.1 Å². The minimum Gasteiger partial charge on any atom is -0.442 e. The normalized spacial score (nSPS) is 19.0. The van der Waals surface area contributed by atoms with Crippen LogP contribution in [0.15, 0.2) is 24.3 Å². The van der Waals surface area contributed by atoms with Crippen LogP contribution in [-0.2, 0) is 9.47 Å². The van der Waals surface area contributed by atoms with Crippen LogP contribution in [0.3, 0.4) is 0 Å². The van der Waals surface area contributed by atoms with Crippen LogP contribution in [0.25, 0.3) is 10.2 Å². The van der Waals surface area contributed by atoms with Crippen molar-refractivity contribution in [2.45, 2.75) is 13.0 Å². The second-order valence-corrected chi connectivity index (χ2v) is 6.05. The van der Waals surface area contributed by atoms with Crippen molar-refractivity contribution in [3.8, 4) is 0 Å². The number of thiazole rings is 1. The standard InChI is InChI=1S/C15H19N3O3S/c1-2-16-15(19)21-11-9-18(7-8-20-10-11)14-17-12-5-3-4-6-13(12)22-14/h3-6,11H,2,7-10H2,1H3,(H,16,19)/t11-/m1/s1. The average Bonchev–Trinajstić information content (AvgIpc) is 2.81. The molecule has 2 aromatic rings. The van der Waals surface area contributed by atoms with Crippen LogP contribution in [-0.4, -0.2) is 50.0 Å². The molecule has 118 valence electrons. The fourth-order valence-corrected chi connectivity index (χ4v) is 3.36. The summed E-state index contributed by atoms with van der Waals surface area (Å²) in [4.78, 5) is 18.4. The molecule has 0 unspecified atom stereocenters. The van der Waals surface area contributed by atoms with Crippen LogP contribution >= 0.6 is 11.3 Å². The summed E-state index contributed by atoms with van der Waals surface area (Å²) in [6, 6.07) is 8.06. The van der Waals surface area contributed by atoms with Gasteiger partial charge in [0.25, 0.3) is 0 Å². The second-order valence-electron chi connectivity index (χ2n) is 5.04. The molecular formula is C15H19N3O3S. The summed E-state index contributed by atoms with van der Waals surface area (Å²) in [5.41, 5.74) is 0.994. The number of nitrogens with zero attached hydrogens (tertiary/aromatic N) is 2. The van der Waals surface area contributed by atoms with Crippen LogP contribution in [0.5, 0.6) is 0 Å². The third-order valence-corrected chi connectivity index (χ3v) is 4.48. The topological polar surface area (TPSA) is 63.7 Å². The zero-order chi connectivity index (χ0) is 15.4. The number of amides is 1. The Morgan fingerprint density at radius 3 is 3.23 bits per heavy atom. The van der Waals surface area contributed by atoms with Gasteiger partial charge in [-0.15, -0.1) is 0 Å². The van der Waals surface area contributed by atoms with Crippen molar-refractivity contribution in [1.82, 2.24) is 10.3 Å². The van der Waals surface area contributed by atoms with Gasteiger partial charge in [-0.3, -0.25) is 0 Å². The lowest BCUT2D eigenvalue weighted by Crippen LogP contribution is -2.38. The first kappa shape index (κ1) is 15.1. The van der Waals surface area contributed by atoms with Crippen LogP contribution in [0.2, 0.25) is 0 Å². The van der Waals surface area contributed by atoms with Gasteiger partial charge in [-0.1, -0.05) is 23.5 Å². The van der Waals surface area contributed by atoms with Gasteiger partial charge in [0.2, 0.25) is 0 Å². The van der Waals surface area contributed by atoms with Gasteiger partial charge in [-0.05, 0) is 19.1 Å². The van der Waals surface area contributed by atoms with E-state index in [9.17, 15) is 4.79 Å². The molecule has 1 saturated heterocycles. The van der Waals surface area contributed by atoms with Crippen LogP contribution < -0.4 is 10.2 Å². The van der Waals surface area contributed by atoms with E-state index < -0.39 is 6.09 Å². The maximum atomic E-state index is 11.6. The third kappa shape index (κ3) is 3.48. The molecule has 0 radical (unpaired) electrons. The zero-order valence-electron chi connectivity index (χ0n) is 12.4. The van der Waals surface area contributed by atoms with Crippen molar-refractivity contribution in [3.05, 3.63) is 24.3 Å². The molecule has 7 heteroatoms. The molecule has 0 saturated carbocycles. The lowest BCUT2D eigenvalue weighted by molar-refractivity contribution is 0.0384. The van der Waals surface area contributed by atoms with Gasteiger partial charge in [0.1, 0.15) is 6.10 Å². The molecule has 1 aromatic carbocycles. The number of para-hydroxylation sites is 1. The highest BCUT2D eigenvalue weighted by Gasteiger charge is 2.24. The summed E-state index contributed by atoms with van der Waals surface area (Å²) in [7, 11) is 0. The predicted octanol–water partition coefficient (Wildman–Crippen LogP) is 2.25. The van der Waals surface area contributed by atoms with Crippen molar-refractivity contribution >= 4 is 32.8 Å². The first-order valence-electron chi connectivity index (χ1n) is 7.39. The first-order valence-corrected chi connectivity index (χ1v) is 8.20. The molecule has 0 spiro atoms. The monoisotopic (exact) mass is 321 g/mol. The number of carbonyl (C=O) groups excluding carboxylic acids is 1. The highest BCUT2D eigenvalue weighted by atomic mass is 32.1. The molecule has 1 aliphatic rings. The summed E-state index contributed by atoms with van der Waals surface area (Å²) in [5.74, 6) is 0. The van der Waals surface area contributed by atoms with Gasteiger partial charge < -0.3 is 19.7 Å². The van der Waals surface area contributed by atoms with Crippen LogP contribution in [0, 0.1) is 0 Å². The molecule has 3 rings (SSSR count). The Bertz CT molecular complexity index is 613. The molecule has 1 aliphatic heterocycles. The van der Waals surface area contributed by atoms with E-state index in [2.05, 4.69) is 21.3 Å². The Balaban J connectivity index is 1.73. The van der Waals surface area contributed by atoms with Crippen molar-refractivity contribution in [1.29, 1.82) is 0 Å². The Labute approximate surface area is 133 Å². The number of aromatic nitrogens is 1. The van der Waals surface area contributed by atoms with E-state index in [-0.39, 0.29) is 6.10 Å². The van der Waals surface area contributed by atoms with Crippen LogP contribution in [0.1, 0.15) is 6.92 Å². The number of anilines is 1. The highest BCUT2D eigenvalue weighted by Crippen LogP contribution is 2.29. The summed E-state index contributed by atoms with van der Waals surface area (Å²) < 4.78 is 12.1. The molecule has 1 amide bonds. The summed E-state index contributed by atoms with van der Waals surface area (Å²) in [6.45, 7) is 4.77. The van der Waals surface area contributed by atoms with Crippen molar-refractivity contribution in [3.63, 3.8) is 0 Å². The Hall–Kier alpha value is -1.86. The largest absolute Gasteiger partial charge is 0.442 e. The zero-order valence-corrected chi connectivity index (χ0v) is 13.3. The van der Waals surface area contributed by atoms with E-state index in [4.69, 9.17) is 9.47 Å². The quantitative estimate of drug-likeness (QED) is 0.939. The molecule has 2 heterocycles. The van der Waals surface area contributed by atoms with Gasteiger partial charge in [-0.25, -0.2) is 9.78 Å². The van der Waals surface area contributed by atoms with Crippen LogP contribution in [0.4, 0.5) is 9.93 Å². The number of alkyl carbamates (subject to hydrolysis) is 1. The fourth-order valence-electron chi connectivity index (χ4n) is 2.36. The summed E-state index contributed by atoms with van der Waals surface area (Å²) in [5, 5.41) is 3.58. The number of ether oxygens (including phenoxy) is 2. The van der Waals surface area contributed by atoms with Crippen molar-refractivity contribution in [2.24, 2.45) is 0 Å². The minimum atomic E-state index is -0.401. The van der Waals surface area contributed by atoms with Gasteiger partial charge in [0.05, 0.1) is 30.0 Å². The number of rotatable bonds is 3. The van der Waals surface area contributed by atoms with Gasteiger partial charge in [0.15, 0.2) is 5.13 Å². The minimum absolute atomic E-state index is 0.291. The Morgan fingerprint density at radius 1 is 1.55 bits per heavy atom. The molecule has 1 aromatic heterocycles. The molecule has 0 aliphatic carbocycles. The molecule has 0 bridgehead atoms. The highest BCUT2D eigenvalue weighted by molar-refractivity contribution is 7.22. The number of hydrogen-bond donors (Lipinski definition) is 1. The second kappa shape index (κ2) is 6.93. The van der Waals surface area contributed by atoms with Gasteiger partial charge >= 0.3 is 6.09 Å². The number of fused-ring (bicyclic) bond motifs is 1. The molecule has 22 heavy (non-hydrogen) atoms. The lowest BCUT2D eigenvalue weighted by atomic mass is 10.3. The number of benzene rings is 1. The van der Waals surface area contributed by atoms with E-state index in [0.717, 1.165) is 21.9 Å². The van der Waals surface area contributed by atoms with Gasteiger partial charge in [-0.2, -0.15) is 0 Å². The molecule has 1 atom stereocenters. The number of nitrogens with one attached hydrogen (secondary N) is 1. The maximum Gasteiger partial charge on any atom is 0.407 e. The Morgan fingerprint density at radius 2 is 2.41 bits per heavy atom. The smallest absolute Gasteiger partial charge is 0.407 e. The molecular weight excluding hydrogens is 302 g/mol. The SMILES string of the molecule is CCNC(=O)O[C@H]1COCCN(c2nc3ccccc3s2)C1. The van der Waals surface area contributed by atoms with E-state index in [1.54, 1.807) is 11.3 Å². The maximum absolute atomic E-state index is 11.6. The number of carbonyl (C=O) groups is 1. The third-order valence-electron chi connectivity index (χ3n) is 3.38. The van der Waals surface area contributed by atoms with Crippen molar-refractivity contribution < 1.29 is 14.3 Å². The Kier molecular flexibility index (Phi) is 4.74. The predicted molar refractivity (Wildman–Crippen MR) is 86.6 cm³/mol. The van der Waals surface area contributed by atoms with E-state index in [0.29, 0.717) is 26.3 Å². The van der Waals surface area contributed by atoms with E-state index in [1.165, 1.54) is 0 Å². The number of hydrogen-bond acceptors (Lipinski definition) is 6. The van der Waals surface area contributed by atoms with E-state index >= 15 is 0 Å². The first-order chi connectivity index (χ1) is 10.8. The van der Waals surface area contributed by atoms with E-state index in [1.807, 2.05) is 25.1 Å². The molecule has 1 N–H and O–H groups in total. The average molecular weight is 321 g/mol. The summed E-state index contributed by atoms with van der Waals surface area (Å²) in [6.07, 6.45) is -0.691.